The summed E-state index contributed by atoms with van der Waals surface area (Å²) >= 11 is 0. The molecule has 0 saturated carbocycles. The van der Waals surface area contributed by atoms with Crippen molar-refractivity contribution < 1.29 is 14.6 Å². The van der Waals surface area contributed by atoms with Crippen molar-refractivity contribution in [3.05, 3.63) is 24.3 Å². The van der Waals surface area contributed by atoms with E-state index in [1.54, 1.807) is 7.11 Å². The Morgan fingerprint density at radius 1 is 1.08 bits per heavy atom. The van der Waals surface area contributed by atoms with Crippen LogP contribution in [-0.4, -0.2) is 68.2 Å². The molecular formula is C19H32N2O3. The summed E-state index contributed by atoms with van der Waals surface area (Å²) in [6, 6.07) is 8.23. The number of hydrogen-bond donors (Lipinski definition) is 1. The van der Waals surface area contributed by atoms with Gasteiger partial charge in [-0.1, -0.05) is 0 Å². The van der Waals surface area contributed by atoms with Crippen molar-refractivity contribution in [3.8, 4) is 5.75 Å². The van der Waals surface area contributed by atoms with Crippen molar-refractivity contribution in [2.75, 3.05) is 51.3 Å². The van der Waals surface area contributed by atoms with Gasteiger partial charge >= 0.3 is 0 Å². The second kappa shape index (κ2) is 8.70. The predicted molar refractivity (Wildman–Crippen MR) is 98.0 cm³/mol. The van der Waals surface area contributed by atoms with Gasteiger partial charge in [0.15, 0.2) is 0 Å². The second-order valence-electron chi connectivity index (χ2n) is 7.42. The minimum absolute atomic E-state index is 0.203. The molecule has 0 radical (unpaired) electrons. The molecule has 2 rings (SSSR count). The van der Waals surface area contributed by atoms with Gasteiger partial charge in [-0.3, -0.25) is 4.90 Å². The summed E-state index contributed by atoms with van der Waals surface area (Å²) in [5.41, 5.74) is 1.03. The van der Waals surface area contributed by atoms with E-state index in [1.807, 2.05) is 32.9 Å². The molecule has 0 aromatic heterocycles. The van der Waals surface area contributed by atoms with E-state index in [-0.39, 0.29) is 5.60 Å². The summed E-state index contributed by atoms with van der Waals surface area (Å²) in [5, 5.41) is 10.2. The lowest BCUT2D eigenvalue weighted by molar-refractivity contribution is -0.0557. The summed E-state index contributed by atoms with van der Waals surface area (Å²) in [6.45, 7) is 11.1. The number of benzene rings is 1. The maximum atomic E-state index is 10.2. The van der Waals surface area contributed by atoms with Crippen LogP contribution >= 0.6 is 0 Å². The highest BCUT2D eigenvalue weighted by Crippen LogP contribution is 2.20. The lowest BCUT2D eigenvalue weighted by Crippen LogP contribution is -2.39. The number of ether oxygens (including phenoxy) is 2. The van der Waals surface area contributed by atoms with Crippen LogP contribution in [0.4, 0.5) is 5.69 Å². The predicted octanol–water partition coefficient (Wildman–Crippen LogP) is 2.38. The van der Waals surface area contributed by atoms with E-state index in [9.17, 15) is 5.11 Å². The number of β-amino-alcohol motifs (C(OH)–C–C–N with tert-alkyl or cyclic N) is 1. The van der Waals surface area contributed by atoms with Gasteiger partial charge in [-0.15, -0.1) is 0 Å². The van der Waals surface area contributed by atoms with Gasteiger partial charge in [0.1, 0.15) is 5.75 Å². The Morgan fingerprint density at radius 3 is 2.42 bits per heavy atom. The molecule has 5 nitrogen and oxygen atoms in total. The summed E-state index contributed by atoms with van der Waals surface area (Å²) in [7, 11) is 1.69. The van der Waals surface area contributed by atoms with E-state index in [0.717, 1.165) is 38.3 Å². The van der Waals surface area contributed by atoms with Crippen molar-refractivity contribution in [1.29, 1.82) is 0 Å². The van der Waals surface area contributed by atoms with Gasteiger partial charge in [-0.2, -0.15) is 0 Å². The average Bonchev–Trinajstić information content (AvgIpc) is 2.78. The monoisotopic (exact) mass is 336 g/mol. The van der Waals surface area contributed by atoms with E-state index in [4.69, 9.17) is 9.47 Å². The number of anilines is 1. The highest BCUT2D eigenvalue weighted by Gasteiger charge is 2.19. The first-order chi connectivity index (χ1) is 11.4. The highest BCUT2D eigenvalue weighted by molar-refractivity contribution is 5.49. The van der Waals surface area contributed by atoms with Crippen LogP contribution in [0.1, 0.15) is 27.2 Å². The number of nitrogens with zero attached hydrogens (tertiary/aromatic N) is 2. The fraction of sp³-hybridized carbons (Fsp3) is 0.684. The maximum Gasteiger partial charge on any atom is 0.119 e. The molecule has 1 aromatic carbocycles. The van der Waals surface area contributed by atoms with E-state index >= 15 is 0 Å². The minimum atomic E-state index is -0.434. The Labute approximate surface area is 146 Å². The standard InChI is InChI=1S/C19H32N2O3/c1-19(2,3)24-15-17(22)14-20-10-5-11-21(13-12-20)16-6-8-18(23-4)9-7-16/h6-9,17,22H,5,10-15H2,1-4H3. The molecule has 1 aliphatic heterocycles. The molecule has 1 N–H and O–H groups in total. The first-order valence-electron chi connectivity index (χ1n) is 8.81. The molecule has 0 aliphatic carbocycles. The Balaban J connectivity index is 1.81. The molecular weight excluding hydrogens is 304 g/mol. The zero-order valence-corrected chi connectivity index (χ0v) is 15.5. The first-order valence-corrected chi connectivity index (χ1v) is 8.81. The molecule has 0 spiro atoms. The third-order valence-electron chi connectivity index (χ3n) is 4.20. The third-order valence-corrected chi connectivity index (χ3v) is 4.20. The zero-order chi connectivity index (χ0) is 17.6. The smallest absolute Gasteiger partial charge is 0.119 e. The van der Waals surface area contributed by atoms with Crippen LogP contribution < -0.4 is 9.64 Å². The van der Waals surface area contributed by atoms with Crippen molar-refractivity contribution in [2.45, 2.75) is 38.9 Å². The van der Waals surface area contributed by atoms with Crippen LogP contribution in [0.3, 0.4) is 0 Å². The van der Waals surface area contributed by atoms with Crippen LogP contribution in [0.5, 0.6) is 5.75 Å². The zero-order valence-electron chi connectivity index (χ0n) is 15.5. The van der Waals surface area contributed by atoms with Gasteiger partial charge in [0.25, 0.3) is 0 Å². The van der Waals surface area contributed by atoms with Gasteiger partial charge in [-0.05, 0) is 58.0 Å². The molecule has 0 bridgehead atoms. The third kappa shape index (κ3) is 6.30. The number of hydrogen-bond acceptors (Lipinski definition) is 5. The minimum Gasteiger partial charge on any atom is -0.497 e. The van der Waals surface area contributed by atoms with Crippen LogP contribution in [-0.2, 0) is 4.74 Å². The van der Waals surface area contributed by atoms with Crippen LogP contribution in [0.15, 0.2) is 24.3 Å². The van der Waals surface area contributed by atoms with Crippen LogP contribution in [0.2, 0.25) is 0 Å². The van der Waals surface area contributed by atoms with E-state index in [1.165, 1.54) is 5.69 Å². The molecule has 1 saturated heterocycles. The second-order valence-corrected chi connectivity index (χ2v) is 7.42. The van der Waals surface area contributed by atoms with E-state index < -0.39 is 6.10 Å². The average molecular weight is 336 g/mol. The molecule has 0 amide bonds. The summed E-state index contributed by atoms with van der Waals surface area (Å²) in [6.07, 6.45) is 0.663. The summed E-state index contributed by atoms with van der Waals surface area (Å²) in [4.78, 5) is 4.73. The van der Waals surface area contributed by atoms with Gasteiger partial charge in [0.05, 0.1) is 25.4 Å². The van der Waals surface area contributed by atoms with E-state index in [2.05, 4.69) is 21.9 Å². The molecule has 1 aliphatic rings. The van der Waals surface area contributed by atoms with E-state index in [0.29, 0.717) is 13.2 Å². The Bertz CT molecular complexity index is 484. The lowest BCUT2D eigenvalue weighted by Gasteiger charge is -2.27. The lowest BCUT2D eigenvalue weighted by atomic mass is 10.2. The Morgan fingerprint density at radius 2 is 1.79 bits per heavy atom. The van der Waals surface area contributed by atoms with Gasteiger partial charge in [0, 0.05) is 31.9 Å². The molecule has 136 valence electrons. The topological polar surface area (TPSA) is 45.2 Å². The molecule has 1 fully saturated rings. The van der Waals surface area contributed by atoms with Crippen LogP contribution in [0, 0.1) is 0 Å². The van der Waals surface area contributed by atoms with Crippen molar-refractivity contribution >= 4 is 5.69 Å². The van der Waals surface area contributed by atoms with Gasteiger partial charge < -0.3 is 19.5 Å². The SMILES string of the molecule is COc1ccc(N2CCCN(CC(O)COC(C)(C)C)CC2)cc1. The molecule has 1 unspecified atom stereocenters. The molecule has 5 heteroatoms. The van der Waals surface area contributed by atoms with Crippen molar-refractivity contribution in [3.63, 3.8) is 0 Å². The summed E-state index contributed by atoms with van der Waals surface area (Å²) < 4.78 is 10.9. The molecule has 1 heterocycles. The fourth-order valence-electron chi connectivity index (χ4n) is 2.90. The van der Waals surface area contributed by atoms with Crippen molar-refractivity contribution in [1.82, 2.24) is 4.90 Å². The van der Waals surface area contributed by atoms with Crippen LogP contribution in [0.25, 0.3) is 0 Å². The largest absolute Gasteiger partial charge is 0.497 e. The normalized spacial score (nSPS) is 18.3. The number of aliphatic hydroxyl groups is 1. The van der Waals surface area contributed by atoms with Crippen molar-refractivity contribution in [2.24, 2.45) is 0 Å². The first kappa shape index (κ1) is 19.0. The fourth-order valence-corrected chi connectivity index (χ4v) is 2.90. The van der Waals surface area contributed by atoms with Gasteiger partial charge in [-0.25, -0.2) is 0 Å². The molecule has 1 aromatic rings. The molecule has 24 heavy (non-hydrogen) atoms. The maximum absolute atomic E-state index is 10.2. The summed E-state index contributed by atoms with van der Waals surface area (Å²) in [5.74, 6) is 0.886. The van der Waals surface area contributed by atoms with Gasteiger partial charge in [0.2, 0.25) is 0 Å². The number of methoxy groups -OCH3 is 1. The molecule has 1 atom stereocenters. The Kier molecular flexibility index (Phi) is 6.90. The quantitative estimate of drug-likeness (QED) is 0.864. The Hall–Kier alpha value is -1.30. The number of aliphatic hydroxyl groups excluding tert-OH is 1. The highest BCUT2D eigenvalue weighted by atomic mass is 16.5. The number of rotatable bonds is 6.